The Kier molecular flexibility index (Phi) is 2.27. The van der Waals surface area contributed by atoms with Gasteiger partial charge in [-0.1, -0.05) is 20.8 Å². The van der Waals surface area contributed by atoms with Gasteiger partial charge < -0.3 is 4.74 Å². The fraction of sp³-hybridized carbons (Fsp3) is 0.950. The van der Waals surface area contributed by atoms with Crippen LogP contribution in [0.15, 0.2) is 0 Å². The SMILES string of the molecule is CC(C)[C@H]1CC[C@@H]2[C@]1(C)CC[C@]13CC[C@](C)(OC1=O)[C@@H]1C[C@]213. The summed E-state index contributed by atoms with van der Waals surface area (Å²) in [7, 11) is 0. The summed E-state index contributed by atoms with van der Waals surface area (Å²) in [5.41, 5.74) is 0.576. The molecule has 0 aromatic carbocycles. The maximum Gasteiger partial charge on any atom is 0.313 e. The van der Waals surface area contributed by atoms with Gasteiger partial charge in [-0.25, -0.2) is 0 Å². The van der Waals surface area contributed by atoms with E-state index >= 15 is 0 Å². The van der Waals surface area contributed by atoms with Gasteiger partial charge in [0.1, 0.15) is 5.60 Å². The first kappa shape index (κ1) is 13.9. The molecule has 2 aliphatic heterocycles. The van der Waals surface area contributed by atoms with Gasteiger partial charge in [0.05, 0.1) is 5.41 Å². The molecule has 0 N–H and O–H groups in total. The van der Waals surface area contributed by atoms with Crippen molar-refractivity contribution < 1.29 is 9.53 Å². The normalized spacial score (nSPS) is 61.5. The van der Waals surface area contributed by atoms with E-state index in [4.69, 9.17) is 4.74 Å². The Balaban J connectivity index is 1.63. The Morgan fingerprint density at radius 3 is 2.45 bits per heavy atom. The Bertz CT molecular complexity index is 568. The third-order valence-corrected chi connectivity index (χ3v) is 9.32. The van der Waals surface area contributed by atoms with Crippen molar-refractivity contribution >= 4 is 5.97 Å². The van der Waals surface area contributed by atoms with Gasteiger partial charge in [-0.2, -0.15) is 0 Å². The molecule has 6 aliphatic rings. The van der Waals surface area contributed by atoms with Crippen LogP contribution in [0.2, 0.25) is 0 Å². The number of hydrogen-bond acceptors (Lipinski definition) is 2. The summed E-state index contributed by atoms with van der Waals surface area (Å²) in [6.45, 7) is 9.62. The first-order valence-corrected chi connectivity index (χ1v) is 9.54. The molecule has 0 amide bonds. The summed E-state index contributed by atoms with van der Waals surface area (Å²) in [5, 5.41) is 0. The number of rotatable bonds is 1. The molecule has 2 spiro atoms. The smallest absolute Gasteiger partial charge is 0.313 e. The molecule has 4 saturated carbocycles. The summed E-state index contributed by atoms with van der Waals surface area (Å²) >= 11 is 0. The van der Waals surface area contributed by atoms with E-state index in [9.17, 15) is 4.79 Å². The van der Waals surface area contributed by atoms with Crippen LogP contribution in [0.3, 0.4) is 0 Å². The van der Waals surface area contributed by atoms with E-state index in [-0.39, 0.29) is 17.0 Å². The maximum atomic E-state index is 12.9. The summed E-state index contributed by atoms with van der Waals surface area (Å²) in [5.74, 6) is 3.27. The van der Waals surface area contributed by atoms with Crippen LogP contribution >= 0.6 is 0 Å². The molecule has 0 aromatic heterocycles. The second-order valence-corrected chi connectivity index (χ2v) is 10.1. The highest BCUT2D eigenvalue weighted by atomic mass is 16.6. The fourth-order valence-electron chi connectivity index (χ4n) is 8.39. The largest absolute Gasteiger partial charge is 0.459 e. The maximum absolute atomic E-state index is 12.9. The lowest BCUT2D eigenvalue weighted by Gasteiger charge is -2.62. The molecule has 7 atom stereocenters. The van der Waals surface area contributed by atoms with E-state index in [0.29, 0.717) is 16.7 Å². The van der Waals surface area contributed by atoms with Crippen molar-refractivity contribution in [2.45, 2.75) is 78.2 Å². The van der Waals surface area contributed by atoms with Crippen molar-refractivity contribution in [2.75, 3.05) is 0 Å². The molecule has 0 unspecified atom stereocenters. The molecule has 4 aliphatic carbocycles. The standard InChI is InChI=1S/C20H30O2/c1-12(2)13-5-6-14-17(13,3)7-9-19-10-8-18(4,22-16(19)21)15-11-20(14,15)19/h12-15H,5-11H2,1-4H3/t13-,14-,15+,17-,18+,19+,20+/m1/s1. The van der Waals surface area contributed by atoms with Gasteiger partial charge in [0.2, 0.25) is 0 Å². The highest BCUT2D eigenvalue weighted by Crippen LogP contribution is 2.86. The lowest BCUT2D eigenvalue weighted by atomic mass is 9.44. The molecular weight excluding hydrogens is 272 g/mol. The quantitative estimate of drug-likeness (QED) is 0.663. The molecule has 2 heterocycles. The molecule has 0 aromatic rings. The van der Waals surface area contributed by atoms with Gasteiger partial charge in [-0.15, -0.1) is 0 Å². The number of carbonyl (C=O) groups is 1. The molecule has 2 saturated heterocycles. The highest BCUT2D eigenvalue weighted by molar-refractivity contribution is 5.82. The fourth-order valence-corrected chi connectivity index (χ4v) is 8.39. The number of fused-ring (bicyclic) bond motifs is 3. The summed E-state index contributed by atoms with van der Waals surface area (Å²) in [6.07, 6.45) is 8.60. The summed E-state index contributed by atoms with van der Waals surface area (Å²) in [6, 6.07) is 0. The summed E-state index contributed by atoms with van der Waals surface area (Å²) in [4.78, 5) is 12.9. The topological polar surface area (TPSA) is 26.3 Å². The lowest BCUT2D eigenvalue weighted by molar-refractivity contribution is -0.236. The van der Waals surface area contributed by atoms with Crippen LogP contribution in [0.4, 0.5) is 0 Å². The van der Waals surface area contributed by atoms with E-state index in [1.165, 1.54) is 25.7 Å². The monoisotopic (exact) mass is 302 g/mol. The van der Waals surface area contributed by atoms with Crippen molar-refractivity contribution in [1.29, 1.82) is 0 Å². The first-order chi connectivity index (χ1) is 10.3. The first-order valence-electron chi connectivity index (χ1n) is 9.54. The van der Waals surface area contributed by atoms with E-state index < -0.39 is 0 Å². The van der Waals surface area contributed by atoms with Crippen LogP contribution in [0.5, 0.6) is 0 Å². The Morgan fingerprint density at radius 2 is 1.77 bits per heavy atom. The number of ether oxygens (including phenoxy) is 1. The van der Waals surface area contributed by atoms with Gasteiger partial charge in [-0.05, 0) is 80.5 Å². The van der Waals surface area contributed by atoms with E-state index in [2.05, 4.69) is 27.7 Å². The Morgan fingerprint density at radius 1 is 1.05 bits per heavy atom. The van der Waals surface area contributed by atoms with Gasteiger partial charge >= 0.3 is 5.97 Å². The van der Waals surface area contributed by atoms with Crippen LogP contribution in [0.1, 0.15) is 72.6 Å². The van der Waals surface area contributed by atoms with Crippen LogP contribution in [-0.4, -0.2) is 11.6 Å². The molecule has 122 valence electrons. The second kappa shape index (κ2) is 3.59. The predicted octanol–water partition coefficient (Wildman–Crippen LogP) is 4.57. The molecule has 2 bridgehead atoms. The molecule has 6 rings (SSSR count). The third kappa shape index (κ3) is 1.17. The average molecular weight is 302 g/mol. The van der Waals surface area contributed by atoms with Crippen LogP contribution < -0.4 is 0 Å². The minimum atomic E-state index is -0.132. The molecule has 2 heteroatoms. The minimum Gasteiger partial charge on any atom is -0.459 e. The van der Waals surface area contributed by atoms with E-state index in [1.807, 2.05) is 0 Å². The van der Waals surface area contributed by atoms with E-state index in [0.717, 1.165) is 37.0 Å². The van der Waals surface area contributed by atoms with Gasteiger partial charge in [0, 0.05) is 5.92 Å². The zero-order valence-electron chi connectivity index (χ0n) is 14.6. The molecule has 6 fully saturated rings. The average Bonchev–Trinajstić information content (AvgIpc) is 3.11. The van der Waals surface area contributed by atoms with Crippen LogP contribution in [0, 0.1) is 39.9 Å². The predicted molar refractivity (Wildman–Crippen MR) is 85.1 cm³/mol. The third-order valence-electron chi connectivity index (χ3n) is 9.32. The van der Waals surface area contributed by atoms with Crippen molar-refractivity contribution in [3.63, 3.8) is 0 Å². The van der Waals surface area contributed by atoms with Crippen molar-refractivity contribution in [1.82, 2.24) is 0 Å². The molecule has 22 heavy (non-hydrogen) atoms. The molecule has 0 radical (unpaired) electrons. The van der Waals surface area contributed by atoms with Crippen molar-refractivity contribution in [2.24, 2.45) is 39.9 Å². The Hall–Kier alpha value is -0.530. The molecular formula is C20H30O2. The zero-order valence-corrected chi connectivity index (χ0v) is 14.6. The van der Waals surface area contributed by atoms with Crippen LogP contribution in [0.25, 0.3) is 0 Å². The number of carbonyl (C=O) groups excluding carboxylic acids is 1. The van der Waals surface area contributed by atoms with Crippen molar-refractivity contribution in [3.8, 4) is 0 Å². The van der Waals surface area contributed by atoms with Gasteiger partial charge in [-0.3, -0.25) is 4.79 Å². The van der Waals surface area contributed by atoms with E-state index in [1.54, 1.807) is 0 Å². The lowest BCUT2D eigenvalue weighted by Crippen LogP contribution is -2.64. The minimum absolute atomic E-state index is 0.0918. The second-order valence-electron chi connectivity index (χ2n) is 10.1. The summed E-state index contributed by atoms with van der Waals surface area (Å²) < 4.78 is 6.00. The van der Waals surface area contributed by atoms with Crippen LogP contribution in [-0.2, 0) is 9.53 Å². The Labute approximate surface area is 134 Å². The number of hydrogen-bond donors (Lipinski definition) is 0. The zero-order chi connectivity index (χ0) is 15.5. The number of esters is 1. The van der Waals surface area contributed by atoms with Crippen molar-refractivity contribution in [3.05, 3.63) is 0 Å². The van der Waals surface area contributed by atoms with Gasteiger partial charge in [0.25, 0.3) is 0 Å². The molecule has 2 nitrogen and oxygen atoms in total. The van der Waals surface area contributed by atoms with Gasteiger partial charge in [0.15, 0.2) is 0 Å². The highest BCUT2D eigenvalue weighted by Gasteiger charge is 2.86.